The number of benzene rings is 3. The highest BCUT2D eigenvalue weighted by Gasteiger charge is 2.32. The smallest absolute Gasteiger partial charge is 0.189 e. The van der Waals surface area contributed by atoms with Crippen LogP contribution in [0.3, 0.4) is 0 Å². The predicted octanol–water partition coefficient (Wildman–Crippen LogP) is 7.22. The fourth-order valence-corrected chi connectivity index (χ4v) is 6.50. The van der Waals surface area contributed by atoms with Crippen molar-refractivity contribution >= 4 is 21.2 Å². The van der Waals surface area contributed by atoms with Crippen LogP contribution in [0.1, 0.15) is 27.5 Å². The molecule has 0 aliphatic heterocycles. The highest BCUT2D eigenvalue weighted by atomic mass is 32.2. The first kappa shape index (κ1) is 28.7. The van der Waals surface area contributed by atoms with Crippen molar-refractivity contribution in [3.05, 3.63) is 140 Å². The molecular weight excluding hydrogens is 488 g/mol. The summed E-state index contributed by atoms with van der Waals surface area (Å²) in [5.74, 6) is 0. The highest BCUT2D eigenvalue weighted by Crippen LogP contribution is 2.38. The molecule has 0 amide bonds. The monoisotopic (exact) mass is 526 g/mol. The minimum Gasteiger partial charge on any atom is -0.364 e. The maximum atomic E-state index is 14.2. The van der Waals surface area contributed by atoms with Crippen LogP contribution in [0.2, 0.25) is 0 Å². The second-order valence-corrected chi connectivity index (χ2v) is 11.4. The quantitative estimate of drug-likeness (QED) is 0.208. The van der Waals surface area contributed by atoms with Gasteiger partial charge in [0.15, 0.2) is 9.84 Å². The van der Waals surface area contributed by atoms with E-state index in [2.05, 4.69) is 36.1 Å². The maximum absolute atomic E-state index is 14.2. The van der Waals surface area contributed by atoms with Crippen molar-refractivity contribution in [2.45, 2.75) is 24.0 Å². The number of hydrogen-bond donors (Lipinski definition) is 0. The van der Waals surface area contributed by atoms with Gasteiger partial charge in [0.1, 0.15) is 5.25 Å². The van der Waals surface area contributed by atoms with Crippen LogP contribution < -0.4 is 9.80 Å². The van der Waals surface area contributed by atoms with Crippen molar-refractivity contribution in [3.63, 3.8) is 0 Å². The molecule has 4 nitrogen and oxygen atoms in total. The molecule has 0 heterocycles. The summed E-state index contributed by atoms with van der Waals surface area (Å²) in [6, 6.07) is 20.8. The third kappa shape index (κ3) is 6.53. The van der Waals surface area contributed by atoms with Gasteiger partial charge in [-0.05, 0) is 66.9 Å². The van der Waals surface area contributed by atoms with Crippen LogP contribution in [0.25, 0.3) is 0 Å². The van der Waals surface area contributed by atoms with Crippen LogP contribution in [0.5, 0.6) is 0 Å². The van der Waals surface area contributed by atoms with Crippen LogP contribution in [0, 0.1) is 13.8 Å². The maximum Gasteiger partial charge on any atom is 0.189 e. The van der Waals surface area contributed by atoms with Gasteiger partial charge in [0.25, 0.3) is 0 Å². The van der Waals surface area contributed by atoms with Crippen LogP contribution in [-0.2, 0) is 9.84 Å². The molecule has 0 aliphatic rings. The molecule has 3 rings (SSSR count). The molecule has 0 aromatic heterocycles. The third-order valence-electron chi connectivity index (χ3n) is 6.52. The first-order chi connectivity index (χ1) is 18.3. The molecule has 38 heavy (non-hydrogen) atoms. The Bertz CT molecular complexity index is 1350. The van der Waals surface area contributed by atoms with Crippen molar-refractivity contribution < 1.29 is 8.42 Å². The summed E-state index contributed by atoms with van der Waals surface area (Å²) in [4.78, 5) is 4.57. The molecule has 0 saturated heterocycles. The lowest BCUT2D eigenvalue weighted by Gasteiger charge is -2.26. The van der Waals surface area contributed by atoms with E-state index >= 15 is 0 Å². The van der Waals surface area contributed by atoms with Crippen molar-refractivity contribution in [1.82, 2.24) is 0 Å². The Balaban J connectivity index is 2.15. The fourth-order valence-electron chi connectivity index (χ4n) is 4.59. The number of anilines is 2. The zero-order valence-electron chi connectivity index (χ0n) is 22.5. The van der Waals surface area contributed by atoms with Crippen molar-refractivity contribution in [2.75, 3.05) is 36.0 Å². The van der Waals surface area contributed by atoms with Gasteiger partial charge in [-0.2, -0.15) is 0 Å². The average Bonchev–Trinajstić information content (AvgIpc) is 2.90. The van der Waals surface area contributed by atoms with Crippen molar-refractivity contribution in [1.29, 1.82) is 0 Å². The summed E-state index contributed by atoms with van der Waals surface area (Å²) in [5.41, 5.74) is 5.38. The molecule has 1 atom stereocenters. The van der Waals surface area contributed by atoms with E-state index in [9.17, 15) is 8.42 Å². The van der Waals surface area contributed by atoms with Gasteiger partial charge >= 0.3 is 0 Å². The Labute approximate surface area is 228 Å². The van der Waals surface area contributed by atoms with Crippen LogP contribution in [0.4, 0.5) is 11.4 Å². The van der Waals surface area contributed by atoms with Gasteiger partial charge in [0.05, 0.1) is 4.90 Å². The molecule has 0 saturated carbocycles. The molecule has 5 heteroatoms. The van der Waals surface area contributed by atoms with Crippen molar-refractivity contribution in [3.8, 4) is 0 Å². The van der Waals surface area contributed by atoms with Gasteiger partial charge in [-0.15, -0.1) is 26.3 Å². The molecule has 0 spiro atoms. The Morgan fingerprint density at radius 3 is 1.63 bits per heavy atom. The van der Waals surface area contributed by atoms with Crippen LogP contribution >= 0.6 is 0 Å². The molecule has 198 valence electrons. The van der Waals surface area contributed by atoms with E-state index in [-0.39, 0.29) is 0 Å². The standard InChI is InChI=1S/C33H38N2O2S/c1-7-21-34(22-8-2)29-15-13-28(14-16-29)33(38(36,37)31-18-11-26(5)12-19-31)32-20-17-30(25-27(32)6)35(23-9-3)24-10-4/h7-20,25,33H,1-4,21-24H2,5-6H3. The minimum atomic E-state index is -3.75. The summed E-state index contributed by atoms with van der Waals surface area (Å²) in [6.07, 6.45) is 7.38. The van der Waals surface area contributed by atoms with Gasteiger partial charge in [0.2, 0.25) is 0 Å². The summed E-state index contributed by atoms with van der Waals surface area (Å²) in [5, 5.41) is -0.854. The van der Waals surface area contributed by atoms with Crippen LogP contribution in [-0.4, -0.2) is 34.6 Å². The van der Waals surface area contributed by atoms with E-state index in [4.69, 9.17) is 0 Å². The lowest BCUT2D eigenvalue weighted by molar-refractivity contribution is 0.589. The molecular formula is C33H38N2O2S. The lowest BCUT2D eigenvalue weighted by Crippen LogP contribution is -2.24. The van der Waals surface area contributed by atoms with Crippen molar-refractivity contribution in [2.24, 2.45) is 0 Å². The summed E-state index contributed by atoms with van der Waals surface area (Å²) >= 11 is 0. The van der Waals surface area contributed by atoms with E-state index < -0.39 is 15.1 Å². The van der Waals surface area contributed by atoms with Crippen LogP contribution in [0.15, 0.2) is 122 Å². The first-order valence-corrected chi connectivity index (χ1v) is 14.3. The molecule has 0 radical (unpaired) electrons. The molecule has 0 N–H and O–H groups in total. The third-order valence-corrected chi connectivity index (χ3v) is 8.60. The molecule has 0 fully saturated rings. The number of rotatable bonds is 14. The second kappa shape index (κ2) is 13.1. The second-order valence-electron chi connectivity index (χ2n) is 9.34. The van der Waals surface area contributed by atoms with Gasteiger partial charge in [-0.3, -0.25) is 0 Å². The largest absolute Gasteiger partial charge is 0.364 e. The Kier molecular flexibility index (Phi) is 9.91. The number of nitrogens with zero attached hydrogens (tertiary/aromatic N) is 2. The van der Waals surface area contributed by atoms with Gasteiger partial charge in [0, 0.05) is 37.6 Å². The average molecular weight is 527 g/mol. The lowest BCUT2D eigenvalue weighted by atomic mass is 9.98. The first-order valence-electron chi connectivity index (χ1n) is 12.7. The molecule has 1 unspecified atom stereocenters. The fraction of sp³-hybridized carbons (Fsp3) is 0.212. The number of sulfone groups is 1. The molecule has 0 aliphatic carbocycles. The number of aryl methyl sites for hydroxylation is 2. The number of hydrogen-bond acceptors (Lipinski definition) is 4. The van der Waals surface area contributed by atoms with Gasteiger partial charge in [-0.25, -0.2) is 8.42 Å². The Morgan fingerprint density at radius 1 is 0.684 bits per heavy atom. The highest BCUT2D eigenvalue weighted by molar-refractivity contribution is 7.92. The molecule has 0 bridgehead atoms. The minimum absolute atomic E-state index is 0.306. The summed E-state index contributed by atoms with van der Waals surface area (Å²) in [7, 11) is -3.75. The normalized spacial score (nSPS) is 11.8. The van der Waals surface area contributed by atoms with Gasteiger partial charge < -0.3 is 9.80 Å². The SMILES string of the molecule is C=CCN(CC=C)c1ccc(C(c2ccc(N(CC=C)CC=C)cc2C)S(=O)(=O)c2ccc(C)cc2)cc1. The van der Waals surface area contributed by atoms with E-state index in [1.54, 1.807) is 12.1 Å². The molecule has 3 aromatic rings. The zero-order chi connectivity index (χ0) is 27.7. The predicted molar refractivity (Wildman–Crippen MR) is 163 cm³/mol. The van der Waals surface area contributed by atoms with E-state index in [0.717, 1.165) is 33.6 Å². The van der Waals surface area contributed by atoms with E-state index in [1.165, 1.54) is 0 Å². The summed E-state index contributed by atoms with van der Waals surface area (Å²) < 4.78 is 28.3. The Hall–Kier alpha value is -3.83. The van der Waals surface area contributed by atoms with E-state index in [1.807, 2.05) is 92.7 Å². The Morgan fingerprint density at radius 2 is 1.16 bits per heavy atom. The summed E-state index contributed by atoms with van der Waals surface area (Å²) in [6.45, 7) is 22.0. The zero-order valence-corrected chi connectivity index (χ0v) is 23.3. The topological polar surface area (TPSA) is 40.6 Å². The van der Waals surface area contributed by atoms with Gasteiger partial charge in [-0.1, -0.05) is 60.2 Å². The molecule has 3 aromatic carbocycles. The van der Waals surface area contributed by atoms with E-state index in [0.29, 0.717) is 31.1 Å².